The molecule has 0 bridgehead atoms. The molecular weight excluding hydrogens is 438 g/mol. The van der Waals surface area contributed by atoms with Gasteiger partial charge in [0.15, 0.2) is 0 Å². The molecule has 33 heavy (non-hydrogen) atoms. The second kappa shape index (κ2) is 10.8. The number of carbonyl (C=O) groups excluding carboxylic acids is 5. The summed E-state index contributed by atoms with van der Waals surface area (Å²) in [4.78, 5) is 72.5. The minimum absolute atomic E-state index is 0.0205. The maximum absolute atomic E-state index is 12.8. The van der Waals surface area contributed by atoms with E-state index in [9.17, 15) is 28.8 Å². The number of hydrogen-bond donors (Lipinski definition) is 3. The van der Waals surface area contributed by atoms with Crippen LogP contribution in [0.5, 0.6) is 0 Å². The lowest BCUT2D eigenvalue weighted by Crippen LogP contribution is -2.54. The maximum atomic E-state index is 12.8. The van der Waals surface area contributed by atoms with E-state index in [-0.39, 0.29) is 68.9 Å². The summed E-state index contributed by atoms with van der Waals surface area (Å²) in [6.45, 7) is 0.933. The predicted molar refractivity (Wildman–Crippen MR) is 109 cm³/mol. The average molecular weight is 461 g/mol. The van der Waals surface area contributed by atoms with Gasteiger partial charge in [0.2, 0.25) is 11.8 Å². The summed E-state index contributed by atoms with van der Waals surface area (Å²) in [6.07, 6.45) is -0.0156. The first kappa shape index (κ1) is 24.0. The smallest absolute Gasteiger partial charge is 0.305 e. The Morgan fingerprint density at radius 1 is 1.03 bits per heavy atom. The minimum atomic E-state index is -1.07. The number of aliphatic carboxylic acids is 1. The molecule has 2 aliphatic rings. The van der Waals surface area contributed by atoms with Gasteiger partial charge in [0.1, 0.15) is 6.04 Å². The van der Waals surface area contributed by atoms with Crippen LogP contribution in [0.25, 0.3) is 0 Å². The number of fused-ring (bicyclic) bond motifs is 1. The molecule has 0 radical (unpaired) electrons. The fourth-order valence-corrected chi connectivity index (χ4v) is 3.43. The Morgan fingerprint density at radius 3 is 2.42 bits per heavy atom. The average Bonchev–Trinajstić information content (AvgIpc) is 3.02. The van der Waals surface area contributed by atoms with E-state index in [4.69, 9.17) is 14.6 Å². The van der Waals surface area contributed by atoms with E-state index in [2.05, 4.69) is 10.6 Å². The number of carboxylic acid groups (broad SMARTS) is 1. The van der Waals surface area contributed by atoms with Gasteiger partial charge in [-0.1, -0.05) is 0 Å². The van der Waals surface area contributed by atoms with Gasteiger partial charge < -0.3 is 19.9 Å². The van der Waals surface area contributed by atoms with Gasteiger partial charge in [0.25, 0.3) is 17.7 Å². The third kappa shape index (κ3) is 5.79. The Kier molecular flexibility index (Phi) is 7.85. The summed E-state index contributed by atoms with van der Waals surface area (Å²) in [7, 11) is 0. The lowest BCUT2D eigenvalue weighted by molar-refractivity contribution is -0.138. The third-order valence-electron chi connectivity index (χ3n) is 5.07. The third-order valence-corrected chi connectivity index (χ3v) is 5.07. The van der Waals surface area contributed by atoms with Crippen LogP contribution >= 0.6 is 0 Å². The number of ether oxygens (including phenoxy) is 2. The highest BCUT2D eigenvalue weighted by Crippen LogP contribution is 2.28. The first-order valence-electron chi connectivity index (χ1n) is 10.3. The SMILES string of the molecule is O=C(O)CCOCCOCCNC(=O)c1ccc2c(c1)C(=O)N(C1CCC(=O)NC1=O)C2=O. The molecule has 176 valence electrons. The number of nitrogens with one attached hydrogen (secondary N) is 2. The molecule has 0 spiro atoms. The van der Waals surface area contributed by atoms with Crippen LogP contribution in [0.2, 0.25) is 0 Å². The van der Waals surface area contributed by atoms with Crippen LogP contribution in [0.15, 0.2) is 18.2 Å². The van der Waals surface area contributed by atoms with Crippen LogP contribution < -0.4 is 10.6 Å². The summed E-state index contributed by atoms with van der Waals surface area (Å²) in [6, 6.07) is 3.00. The molecule has 0 aromatic heterocycles. The molecule has 1 aromatic rings. The van der Waals surface area contributed by atoms with Crippen LogP contribution in [-0.4, -0.2) is 84.5 Å². The molecule has 12 nitrogen and oxygen atoms in total. The highest BCUT2D eigenvalue weighted by atomic mass is 16.5. The molecule has 1 aromatic carbocycles. The molecule has 5 amide bonds. The van der Waals surface area contributed by atoms with Crippen LogP contribution in [0.1, 0.15) is 50.3 Å². The Bertz CT molecular complexity index is 991. The van der Waals surface area contributed by atoms with E-state index in [0.717, 1.165) is 4.90 Å². The van der Waals surface area contributed by atoms with Gasteiger partial charge in [-0.05, 0) is 24.6 Å². The number of piperidine rings is 1. The van der Waals surface area contributed by atoms with Crippen LogP contribution in [0.4, 0.5) is 0 Å². The van der Waals surface area contributed by atoms with Crippen molar-refractivity contribution in [1.82, 2.24) is 15.5 Å². The van der Waals surface area contributed by atoms with Gasteiger partial charge in [-0.25, -0.2) is 0 Å². The highest BCUT2D eigenvalue weighted by molar-refractivity contribution is 6.24. The number of hydrogen-bond acceptors (Lipinski definition) is 8. The van der Waals surface area contributed by atoms with Gasteiger partial charge >= 0.3 is 5.97 Å². The molecule has 0 aliphatic carbocycles. The van der Waals surface area contributed by atoms with E-state index in [0.29, 0.717) is 0 Å². The fourth-order valence-electron chi connectivity index (χ4n) is 3.43. The van der Waals surface area contributed by atoms with Gasteiger partial charge in [-0.3, -0.25) is 39.0 Å². The Hall–Kier alpha value is -3.64. The summed E-state index contributed by atoms with van der Waals surface area (Å²) in [5, 5.41) is 13.2. The number of carbonyl (C=O) groups is 6. The van der Waals surface area contributed by atoms with Crippen LogP contribution in [0, 0.1) is 0 Å². The first-order valence-corrected chi connectivity index (χ1v) is 10.3. The fraction of sp³-hybridized carbons (Fsp3) is 0.429. The van der Waals surface area contributed by atoms with Gasteiger partial charge in [-0.2, -0.15) is 0 Å². The Labute approximate surface area is 188 Å². The summed E-state index contributed by atoms with van der Waals surface area (Å²) in [5.41, 5.74) is 0.275. The molecule has 3 N–H and O–H groups in total. The molecular formula is C21H23N3O9. The zero-order valence-corrected chi connectivity index (χ0v) is 17.6. The molecule has 0 saturated carbocycles. The van der Waals surface area contributed by atoms with Crippen molar-refractivity contribution in [3.05, 3.63) is 34.9 Å². The maximum Gasteiger partial charge on any atom is 0.305 e. The van der Waals surface area contributed by atoms with Gasteiger partial charge in [0, 0.05) is 18.5 Å². The molecule has 12 heteroatoms. The number of carboxylic acids is 1. The minimum Gasteiger partial charge on any atom is -0.481 e. The molecule has 1 fully saturated rings. The van der Waals surface area contributed by atoms with Crippen molar-refractivity contribution >= 4 is 35.5 Å². The number of rotatable bonds is 11. The zero-order valence-electron chi connectivity index (χ0n) is 17.6. The normalized spacial score (nSPS) is 17.7. The van der Waals surface area contributed by atoms with E-state index < -0.39 is 41.5 Å². The van der Waals surface area contributed by atoms with Crippen molar-refractivity contribution in [2.75, 3.05) is 33.0 Å². The summed E-state index contributed by atoms with van der Waals surface area (Å²) in [5.74, 6) is -3.91. The molecule has 2 aliphatic heterocycles. The second-order valence-electron chi connectivity index (χ2n) is 7.33. The topological polar surface area (TPSA) is 168 Å². The van der Waals surface area contributed by atoms with Crippen molar-refractivity contribution in [1.29, 1.82) is 0 Å². The van der Waals surface area contributed by atoms with Crippen molar-refractivity contribution in [2.45, 2.75) is 25.3 Å². The van der Waals surface area contributed by atoms with E-state index in [1.165, 1.54) is 18.2 Å². The number of benzene rings is 1. The number of amides is 5. The molecule has 2 heterocycles. The van der Waals surface area contributed by atoms with E-state index >= 15 is 0 Å². The monoisotopic (exact) mass is 461 g/mol. The lowest BCUT2D eigenvalue weighted by atomic mass is 10.0. The number of nitrogens with zero attached hydrogens (tertiary/aromatic N) is 1. The zero-order chi connectivity index (χ0) is 24.0. The molecule has 1 saturated heterocycles. The van der Waals surface area contributed by atoms with Crippen molar-refractivity contribution in [2.24, 2.45) is 0 Å². The first-order chi connectivity index (χ1) is 15.8. The molecule has 3 rings (SSSR count). The van der Waals surface area contributed by atoms with Crippen molar-refractivity contribution in [3.63, 3.8) is 0 Å². The van der Waals surface area contributed by atoms with Crippen molar-refractivity contribution < 1.29 is 43.3 Å². The molecule has 1 unspecified atom stereocenters. The predicted octanol–water partition coefficient (Wildman–Crippen LogP) is -0.674. The van der Waals surface area contributed by atoms with Crippen LogP contribution in [-0.2, 0) is 23.9 Å². The second-order valence-corrected chi connectivity index (χ2v) is 7.33. The lowest BCUT2D eigenvalue weighted by Gasteiger charge is -2.27. The van der Waals surface area contributed by atoms with Crippen LogP contribution in [0.3, 0.4) is 0 Å². The quantitative estimate of drug-likeness (QED) is 0.286. The highest BCUT2D eigenvalue weighted by Gasteiger charge is 2.44. The summed E-state index contributed by atoms with van der Waals surface area (Å²) >= 11 is 0. The van der Waals surface area contributed by atoms with Crippen molar-refractivity contribution in [3.8, 4) is 0 Å². The molecule has 1 atom stereocenters. The van der Waals surface area contributed by atoms with Gasteiger partial charge in [0.05, 0.1) is 44.0 Å². The van der Waals surface area contributed by atoms with E-state index in [1.807, 2.05) is 0 Å². The largest absolute Gasteiger partial charge is 0.481 e. The van der Waals surface area contributed by atoms with E-state index in [1.54, 1.807) is 0 Å². The van der Waals surface area contributed by atoms with Gasteiger partial charge in [-0.15, -0.1) is 0 Å². The Balaban J connectivity index is 1.49. The standard InChI is InChI=1S/C21H23N3O9/c25-16-4-3-15(19(29)23-16)24-20(30)13-2-1-12(11-14(13)21(24)31)18(28)22-6-8-33-10-9-32-7-5-17(26)27/h1-2,11,15H,3-10H2,(H,22,28)(H,26,27)(H,23,25,29). The summed E-state index contributed by atoms with van der Waals surface area (Å²) < 4.78 is 10.3. The Morgan fingerprint density at radius 2 is 1.73 bits per heavy atom. The number of imide groups is 2.